The van der Waals surface area contributed by atoms with E-state index in [9.17, 15) is 5.11 Å². The lowest BCUT2D eigenvalue weighted by Gasteiger charge is -2.34. The number of aromatic amines is 1. The van der Waals surface area contributed by atoms with Gasteiger partial charge < -0.3 is 14.4 Å². The molecule has 0 unspecified atom stereocenters. The van der Waals surface area contributed by atoms with Crippen LogP contribution in [0, 0.1) is 6.92 Å². The highest BCUT2D eigenvalue weighted by Crippen LogP contribution is 2.24. The third-order valence-corrected chi connectivity index (χ3v) is 4.44. The first kappa shape index (κ1) is 15.2. The summed E-state index contributed by atoms with van der Waals surface area (Å²) in [6, 6.07) is 9.74. The molecule has 0 radical (unpaired) electrons. The number of piperazine rings is 1. The Labute approximate surface area is 139 Å². The second-order valence-corrected chi connectivity index (χ2v) is 6.21. The molecule has 1 aliphatic rings. The van der Waals surface area contributed by atoms with Gasteiger partial charge in [-0.2, -0.15) is 4.98 Å². The average molecular weight is 327 g/mol. The number of β-amino-alcohol motifs (C(OH)–C–C–N with tert-alkyl or cyclic N) is 1. The van der Waals surface area contributed by atoms with Crippen LogP contribution in [0.5, 0.6) is 0 Å². The van der Waals surface area contributed by atoms with E-state index in [0.717, 1.165) is 48.9 Å². The average Bonchev–Trinajstić information content (AvgIpc) is 3.21. The minimum atomic E-state index is -0.616. The summed E-state index contributed by atoms with van der Waals surface area (Å²) in [5.41, 5.74) is 0.816. The van der Waals surface area contributed by atoms with Crippen LogP contribution >= 0.6 is 0 Å². The van der Waals surface area contributed by atoms with Gasteiger partial charge in [0, 0.05) is 38.1 Å². The molecule has 3 heterocycles. The van der Waals surface area contributed by atoms with Crippen molar-refractivity contribution >= 4 is 16.9 Å². The predicted molar refractivity (Wildman–Crippen MR) is 90.9 cm³/mol. The molecule has 1 fully saturated rings. The Kier molecular flexibility index (Phi) is 3.95. The molecule has 0 aliphatic carbocycles. The van der Waals surface area contributed by atoms with Crippen molar-refractivity contribution in [3.8, 4) is 0 Å². The summed E-state index contributed by atoms with van der Waals surface area (Å²) in [5, 5.41) is 18.6. The van der Waals surface area contributed by atoms with Gasteiger partial charge in [0.1, 0.15) is 23.3 Å². The SMILES string of the molecule is Cc1nc(N2CCN(C[C@@H](O)c3cc4ccccc4o3)CC2)n[nH]1. The lowest BCUT2D eigenvalue weighted by Crippen LogP contribution is -2.47. The summed E-state index contributed by atoms with van der Waals surface area (Å²) in [6.07, 6.45) is -0.616. The largest absolute Gasteiger partial charge is 0.458 e. The smallest absolute Gasteiger partial charge is 0.244 e. The number of aromatic nitrogens is 3. The number of aryl methyl sites for hydroxylation is 1. The number of benzene rings is 1. The maximum atomic E-state index is 10.5. The van der Waals surface area contributed by atoms with Gasteiger partial charge in [0.15, 0.2) is 0 Å². The molecule has 3 aromatic rings. The van der Waals surface area contributed by atoms with Crippen LogP contribution in [-0.2, 0) is 0 Å². The number of furan rings is 1. The van der Waals surface area contributed by atoms with Crippen molar-refractivity contribution in [1.82, 2.24) is 20.1 Å². The second-order valence-electron chi connectivity index (χ2n) is 6.21. The zero-order chi connectivity index (χ0) is 16.5. The number of aliphatic hydroxyl groups is 1. The van der Waals surface area contributed by atoms with Gasteiger partial charge in [-0.25, -0.2) is 0 Å². The van der Waals surface area contributed by atoms with E-state index in [1.807, 2.05) is 37.3 Å². The van der Waals surface area contributed by atoms with Crippen LogP contribution in [0.3, 0.4) is 0 Å². The Bertz CT molecular complexity index is 786. The van der Waals surface area contributed by atoms with E-state index < -0.39 is 6.10 Å². The lowest BCUT2D eigenvalue weighted by atomic mass is 10.2. The van der Waals surface area contributed by atoms with E-state index in [-0.39, 0.29) is 0 Å². The zero-order valence-corrected chi connectivity index (χ0v) is 13.6. The topological polar surface area (TPSA) is 81.4 Å². The van der Waals surface area contributed by atoms with E-state index in [1.165, 1.54) is 0 Å². The van der Waals surface area contributed by atoms with Crippen molar-refractivity contribution < 1.29 is 9.52 Å². The number of hydrogen-bond donors (Lipinski definition) is 2. The highest BCUT2D eigenvalue weighted by Gasteiger charge is 2.23. The van der Waals surface area contributed by atoms with Crippen molar-refractivity contribution in [3.05, 3.63) is 41.9 Å². The first-order chi connectivity index (χ1) is 11.7. The molecular formula is C17H21N5O2. The fourth-order valence-corrected chi connectivity index (χ4v) is 3.10. The van der Waals surface area contributed by atoms with Crippen molar-refractivity contribution in [2.75, 3.05) is 37.6 Å². The molecule has 1 saturated heterocycles. The molecule has 2 aromatic heterocycles. The summed E-state index contributed by atoms with van der Waals surface area (Å²) < 4.78 is 5.75. The molecule has 0 bridgehead atoms. The van der Waals surface area contributed by atoms with Gasteiger partial charge in [-0.1, -0.05) is 18.2 Å². The number of nitrogens with zero attached hydrogens (tertiary/aromatic N) is 4. The summed E-state index contributed by atoms with van der Waals surface area (Å²) in [7, 11) is 0. The van der Waals surface area contributed by atoms with Crippen LogP contribution in [0.1, 0.15) is 17.7 Å². The van der Waals surface area contributed by atoms with E-state index in [4.69, 9.17) is 4.42 Å². The fraction of sp³-hybridized carbons (Fsp3) is 0.412. The minimum absolute atomic E-state index is 0.570. The van der Waals surface area contributed by atoms with Gasteiger partial charge in [0.25, 0.3) is 0 Å². The molecule has 7 heteroatoms. The molecule has 0 saturated carbocycles. The first-order valence-electron chi connectivity index (χ1n) is 8.22. The van der Waals surface area contributed by atoms with Crippen molar-refractivity contribution in [2.45, 2.75) is 13.0 Å². The van der Waals surface area contributed by atoms with Crippen molar-refractivity contribution in [3.63, 3.8) is 0 Å². The van der Waals surface area contributed by atoms with Crippen LogP contribution in [-0.4, -0.2) is 57.9 Å². The van der Waals surface area contributed by atoms with Gasteiger partial charge in [0.05, 0.1) is 0 Å². The van der Waals surface area contributed by atoms with Gasteiger partial charge >= 0.3 is 0 Å². The van der Waals surface area contributed by atoms with Crippen LogP contribution in [0.25, 0.3) is 11.0 Å². The van der Waals surface area contributed by atoms with Gasteiger partial charge in [0.2, 0.25) is 5.95 Å². The number of nitrogens with one attached hydrogen (secondary N) is 1. The number of rotatable bonds is 4. The Morgan fingerprint density at radius 3 is 2.75 bits per heavy atom. The van der Waals surface area contributed by atoms with Crippen LogP contribution in [0.4, 0.5) is 5.95 Å². The molecule has 0 spiro atoms. The molecule has 7 nitrogen and oxygen atoms in total. The second kappa shape index (κ2) is 6.26. The van der Waals surface area contributed by atoms with E-state index >= 15 is 0 Å². The standard InChI is InChI=1S/C17H21N5O2/c1-12-18-17(20-19-12)22-8-6-21(7-9-22)11-14(23)16-10-13-4-2-3-5-15(13)24-16/h2-5,10,14,23H,6-9,11H2,1H3,(H,18,19,20)/t14-/m1/s1. The van der Waals surface area contributed by atoms with E-state index in [2.05, 4.69) is 25.0 Å². The molecule has 1 aliphatic heterocycles. The normalized spacial score (nSPS) is 17.5. The van der Waals surface area contributed by atoms with Gasteiger partial charge in [-0.3, -0.25) is 10.00 Å². The number of hydrogen-bond acceptors (Lipinski definition) is 6. The Morgan fingerprint density at radius 1 is 1.25 bits per heavy atom. The number of aliphatic hydroxyl groups excluding tert-OH is 1. The maximum absolute atomic E-state index is 10.5. The molecule has 4 rings (SSSR count). The highest BCUT2D eigenvalue weighted by atomic mass is 16.4. The van der Waals surface area contributed by atoms with Crippen LogP contribution in [0.2, 0.25) is 0 Å². The fourth-order valence-electron chi connectivity index (χ4n) is 3.10. The minimum Gasteiger partial charge on any atom is -0.458 e. The third kappa shape index (κ3) is 3.00. The Hall–Kier alpha value is -2.38. The van der Waals surface area contributed by atoms with Crippen molar-refractivity contribution in [2.24, 2.45) is 0 Å². The zero-order valence-electron chi connectivity index (χ0n) is 13.6. The summed E-state index contributed by atoms with van der Waals surface area (Å²) in [4.78, 5) is 8.77. The summed E-state index contributed by atoms with van der Waals surface area (Å²) in [5.74, 6) is 2.21. The predicted octanol–water partition coefficient (Wildman–Crippen LogP) is 1.71. The number of anilines is 1. The maximum Gasteiger partial charge on any atom is 0.244 e. The molecule has 2 N–H and O–H groups in total. The summed E-state index contributed by atoms with van der Waals surface area (Å²) in [6.45, 7) is 5.90. The van der Waals surface area contributed by atoms with Crippen LogP contribution < -0.4 is 4.90 Å². The number of fused-ring (bicyclic) bond motifs is 1. The van der Waals surface area contributed by atoms with Gasteiger partial charge in [-0.05, 0) is 19.1 Å². The monoisotopic (exact) mass is 327 g/mol. The molecular weight excluding hydrogens is 306 g/mol. The number of para-hydroxylation sites is 1. The lowest BCUT2D eigenvalue weighted by molar-refractivity contribution is 0.0928. The molecule has 126 valence electrons. The molecule has 0 amide bonds. The van der Waals surface area contributed by atoms with Gasteiger partial charge in [-0.15, -0.1) is 5.10 Å². The highest BCUT2D eigenvalue weighted by molar-refractivity contribution is 5.77. The molecule has 24 heavy (non-hydrogen) atoms. The van der Waals surface area contributed by atoms with E-state index in [0.29, 0.717) is 12.3 Å². The quantitative estimate of drug-likeness (QED) is 0.759. The van der Waals surface area contributed by atoms with Crippen LogP contribution in [0.15, 0.2) is 34.7 Å². The Balaban J connectivity index is 1.36. The van der Waals surface area contributed by atoms with E-state index in [1.54, 1.807) is 0 Å². The number of H-pyrrole nitrogens is 1. The third-order valence-electron chi connectivity index (χ3n) is 4.44. The molecule has 1 atom stereocenters. The molecule has 1 aromatic carbocycles. The van der Waals surface area contributed by atoms with Crippen molar-refractivity contribution in [1.29, 1.82) is 0 Å². The Morgan fingerprint density at radius 2 is 2.04 bits per heavy atom. The first-order valence-corrected chi connectivity index (χ1v) is 8.22. The summed E-state index contributed by atoms with van der Waals surface area (Å²) >= 11 is 0.